The van der Waals surface area contributed by atoms with Crippen molar-refractivity contribution in [1.29, 1.82) is 0 Å². The minimum atomic E-state index is -0.572. The summed E-state index contributed by atoms with van der Waals surface area (Å²) in [5.74, 6) is -0.566. The lowest BCUT2D eigenvalue weighted by Gasteiger charge is -2.14. The number of ether oxygens (including phenoxy) is 1. The smallest absolute Gasteiger partial charge is 0.147 e. The first-order chi connectivity index (χ1) is 9.85. The van der Waals surface area contributed by atoms with Crippen molar-refractivity contribution >= 4 is 33.0 Å². The van der Waals surface area contributed by atoms with Crippen LogP contribution in [0.25, 0.3) is 0 Å². The Bertz CT molecular complexity index is 662. The maximum Gasteiger partial charge on any atom is 0.147 e. The van der Waals surface area contributed by atoms with Crippen LogP contribution in [-0.2, 0) is 0 Å². The molecule has 0 radical (unpaired) electrons. The van der Waals surface area contributed by atoms with Gasteiger partial charge in [0.15, 0.2) is 0 Å². The molecule has 0 fully saturated rings. The second kappa shape index (κ2) is 6.30. The van der Waals surface area contributed by atoms with Gasteiger partial charge in [0.05, 0.1) is 16.3 Å². The van der Waals surface area contributed by atoms with Gasteiger partial charge in [0.1, 0.15) is 17.4 Å². The lowest BCUT2D eigenvalue weighted by molar-refractivity contribution is 0.242. The van der Waals surface area contributed by atoms with Crippen molar-refractivity contribution in [2.75, 3.05) is 11.1 Å². The molecule has 0 aliphatic rings. The van der Waals surface area contributed by atoms with Gasteiger partial charge in [0.25, 0.3) is 0 Å². The van der Waals surface area contributed by atoms with Crippen molar-refractivity contribution < 1.29 is 13.5 Å². The molecule has 3 N–H and O–H groups in total. The van der Waals surface area contributed by atoms with E-state index in [9.17, 15) is 8.78 Å². The van der Waals surface area contributed by atoms with E-state index in [0.29, 0.717) is 17.1 Å². The van der Waals surface area contributed by atoms with Gasteiger partial charge in [-0.1, -0.05) is 0 Å². The highest BCUT2D eigenvalue weighted by Crippen LogP contribution is 2.29. The van der Waals surface area contributed by atoms with Gasteiger partial charge in [-0.2, -0.15) is 0 Å². The minimum absolute atomic E-state index is 0.0125. The van der Waals surface area contributed by atoms with E-state index in [1.807, 2.05) is 13.8 Å². The Hall–Kier alpha value is -1.82. The van der Waals surface area contributed by atoms with Crippen LogP contribution >= 0.6 is 15.9 Å². The highest BCUT2D eigenvalue weighted by molar-refractivity contribution is 9.10. The Balaban J connectivity index is 2.31. The van der Waals surface area contributed by atoms with E-state index >= 15 is 0 Å². The Morgan fingerprint density at radius 2 is 1.81 bits per heavy atom. The number of nitrogens with two attached hydrogens (primary N) is 1. The lowest BCUT2D eigenvalue weighted by atomic mass is 10.2. The number of nitrogens with one attached hydrogen (secondary N) is 1. The summed E-state index contributed by atoms with van der Waals surface area (Å²) in [5.41, 5.74) is 6.80. The van der Waals surface area contributed by atoms with Crippen LogP contribution in [0.2, 0.25) is 0 Å². The zero-order chi connectivity index (χ0) is 15.6. The molecule has 2 aromatic carbocycles. The van der Waals surface area contributed by atoms with Crippen molar-refractivity contribution in [3.05, 3.63) is 46.4 Å². The summed E-state index contributed by atoms with van der Waals surface area (Å²) in [5, 5.41) is 2.80. The largest absolute Gasteiger partial charge is 0.491 e. The van der Waals surface area contributed by atoms with Crippen LogP contribution in [-0.4, -0.2) is 6.10 Å². The molecule has 0 bridgehead atoms. The molecule has 0 saturated carbocycles. The Morgan fingerprint density at radius 1 is 1.10 bits per heavy atom. The summed E-state index contributed by atoms with van der Waals surface area (Å²) >= 11 is 2.93. The Morgan fingerprint density at radius 3 is 2.48 bits per heavy atom. The van der Waals surface area contributed by atoms with E-state index in [1.165, 1.54) is 0 Å². The summed E-state index contributed by atoms with van der Waals surface area (Å²) in [6.07, 6.45) is -0.0125. The van der Waals surface area contributed by atoms with E-state index < -0.39 is 11.6 Å². The van der Waals surface area contributed by atoms with Crippen LogP contribution < -0.4 is 15.8 Å². The van der Waals surface area contributed by atoms with Crippen molar-refractivity contribution in [1.82, 2.24) is 0 Å². The van der Waals surface area contributed by atoms with E-state index in [-0.39, 0.29) is 16.3 Å². The quantitative estimate of drug-likeness (QED) is 0.608. The van der Waals surface area contributed by atoms with Crippen molar-refractivity contribution in [3.8, 4) is 5.75 Å². The maximum atomic E-state index is 13.8. The van der Waals surface area contributed by atoms with E-state index in [4.69, 9.17) is 10.5 Å². The topological polar surface area (TPSA) is 47.3 Å². The SMILES string of the molecule is CC(C)Oc1cc(N)cc(Nc2cc(F)c(Br)cc2F)c1. The van der Waals surface area contributed by atoms with Crippen molar-refractivity contribution in [2.24, 2.45) is 0 Å². The zero-order valence-electron chi connectivity index (χ0n) is 11.6. The van der Waals surface area contributed by atoms with Gasteiger partial charge in [0.2, 0.25) is 0 Å². The Kier molecular flexibility index (Phi) is 4.67. The fourth-order valence-corrected chi connectivity index (χ4v) is 2.12. The molecular weight excluding hydrogens is 342 g/mol. The van der Waals surface area contributed by atoms with E-state index in [1.54, 1.807) is 18.2 Å². The van der Waals surface area contributed by atoms with E-state index in [2.05, 4.69) is 21.2 Å². The number of anilines is 3. The monoisotopic (exact) mass is 356 g/mol. The first kappa shape index (κ1) is 15.6. The van der Waals surface area contributed by atoms with Crippen LogP contribution in [0.5, 0.6) is 5.75 Å². The second-order valence-electron chi connectivity index (χ2n) is 4.83. The van der Waals surface area contributed by atoms with Gasteiger partial charge in [0, 0.05) is 29.6 Å². The molecule has 0 spiro atoms. The van der Waals surface area contributed by atoms with Crippen LogP contribution in [0.4, 0.5) is 25.8 Å². The third kappa shape index (κ3) is 4.07. The standard InChI is InChI=1S/C15H15BrF2N2O/c1-8(2)21-11-4-9(19)3-10(5-11)20-15-7-13(17)12(16)6-14(15)18/h3-8,20H,19H2,1-2H3. The van der Waals surface area contributed by atoms with Crippen molar-refractivity contribution in [3.63, 3.8) is 0 Å². The summed E-state index contributed by atoms with van der Waals surface area (Å²) in [6, 6.07) is 7.10. The van der Waals surface area contributed by atoms with Crippen LogP contribution in [0.3, 0.4) is 0 Å². The van der Waals surface area contributed by atoms with Gasteiger partial charge >= 0.3 is 0 Å². The molecule has 21 heavy (non-hydrogen) atoms. The van der Waals surface area contributed by atoms with Crippen LogP contribution in [0, 0.1) is 11.6 Å². The molecule has 2 aromatic rings. The number of nitrogen functional groups attached to an aromatic ring is 1. The van der Waals surface area contributed by atoms with Gasteiger partial charge in [-0.05, 0) is 41.9 Å². The molecule has 0 aromatic heterocycles. The number of hydrogen-bond acceptors (Lipinski definition) is 3. The molecule has 6 heteroatoms. The third-order valence-electron chi connectivity index (χ3n) is 2.59. The number of benzene rings is 2. The number of halogens is 3. The van der Waals surface area contributed by atoms with Crippen molar-refractivity contribution in [2.45, 2.75) is 20.0 Å². The summed E-state index contributed by atoms with van der Waals surface area (Å²) in [4.78, 5) is 0. The van der Waals surface area contributed by atoms with Gasteiger partial charge in [-0.3, -0.25) is 0 Å². The third-order valence-corrected chi connectivity index (χ3v) is 3.20. The highest BCUT2D eigenvalue weighted by Gasteiger charge is 2.10. The molecule has 2 rings (SSSR count). The summed E-state index contributed by atoms with van der Waals surface area (Å²) in [7, 11) is 0. The number of hydrogen-bond donors (Lipinski definition) is 2. The number of rotatable bonds is 4. The average molecular weight is 357 g/mol. The molecular formula is C15H15BrF2N2O. The van der Waals surface area contributed by atoms with Crippen LogP contribution in [0.15, 0.2) is 34.8 Å². The average Bonchev–Trinajstić information content (AvgIpc) is 2.34. The Labute approximate surface area is 130 Å². The zero-order valence-corrected chi connectivity index (χ0v) is 13.2. The first-order valence-corrected chi connectivity index (χ1v) is 7.13. The molecule has 0 unspecified atom stereocenters. The van der Waals surface area contributed by atoms with Crippen LogP contribution in [0.1, 0.15) is 13.8 Å². The predicted molar refractivity (Wildman–Crippen MR) is 84.0 cm³/mol. The normalized spacial score (nSPS) is 10.8. The minimum Gasteiger partial charge on any atom is -0.491 e. The molecule has 0 atom stereocenters. The molecule has 112 valence electrons. The highest BCUT2D eigenvalue weighted by atomic mass is 79.9. The summed E-state index contributed by atoms with van der Waals surface area (Å²) in [6.45, 7) is 3.78. The molecule has 0 saturated heterocycles. The van der Waals surface area contributed by atoms with Gasteiger partial charge in [-0.25, -0.2) is 8.78 Å². The fourth-order valence-electron chi connectivity index (χ4n) is 1.81. The van der Waals surface area contributed by atoms with E-state index in [0.717, 1.165) is 12.1 Å². The molecule has 3 nitrogen and oxygen atoms in total. The summed E-state index contributed by atoms with van der Waals surface area (Å²) < 4.78 is 32.9. The molecule has 0 aliphatic heterocycles. The lowest BCUT2D eigenvalue weighted by Crippen LogP contribution is -2.06. The second-order valence-corrected chi connectivity index (χ2v) is 5.68. The van der Waals surface area contributed by atoms with Gasteiger partial charge < -0.3 is 15.8 Å². The first-order valence-electron chi connectivity index (χ1n) is 6.34. The van der Waals surface area contributed by atoms with Gasteiger partial charge in [-0.15, -0.1) is 0 Å². The maximum absolute atomic E-state index is 13.8. The molecule has 0 heterocycles. The molecule has 0 amide bonds. The fraction of sp³-hybridized carbons (Fsp3) is 0.200. The predicted octanol–water partition coefficient (Wildman–Crippen LogP) is 4.84. The molecule has 0 aliphatic carbocycles.